The highest BCUT2D eigenvalue weighted by molar-refractivity contribution is 7.83. The topological polar surface area (TPSA) is 90.7 Å². The van der Waals surface area contributed by atoms with Crippen molar-refractivity contribution in [1.29, 1.82) is 0 Å². The van der Waals surface area contributed by atoms with Gasteiger partial charge in [0.15, 0.2) is 5.79 Å². The molecule has 3 rings (SSSR count). The fourth-order valence-electron chi connectivity index (χ4n) is 3.93. The predicted molar refractivity (Wildman–Crippen MR) is 107 cm³/mol. The molecule has 156 valence electrons. The number of rotatable bonds is 7. The second kappa shape index (κ2) is 8.57. The second-order valence-corrected chi connectivity index (χ2v) is 9.72. The molecule has 28 heavy (non-hydrogen) atoms. The molecular weight excluding hydrogens is 380 g/mol. The smallest absolute Gasteiger partial charge is 0.283 e. The van der Waals surface area contributed by atoms with Crippen molar-refractivity contribution in [1.82, 2.24) is 4.72 Å². The Labute approximate surface area is 168 Å². The SMILES string of the molecule is Cc1ccc(S(=O)NC(CC2CCCC2)C2([N+](=O)[O-])COC(C)(C)OC2)cc1. The van der Waals surface area contributed by atoms with Gasteiger partial charge < -0.3 is 9.47 Å². The van der Waals surface area contributed by atoms with E-state index in [0.717, 1.165) is 31.2 Å². The number of aryl methyl sites for hydroxylation is 1. The second-order valence-electron chi connectivity index (χ2n) is 8.48. The van der Waals surface area contributed by atoms with E-state index in [-0.39, 0.29) is 18.1 Å². The van der Waals surface area contributed by atoms with Crippen molar-refractivity contribution in [2.45, 2.75) is 75.1 Å². The summed E-state index contributed by atoms with van der Waals surface area (Å²) in [6.07, 6.45) is 4.98. The van der Waals surface area contributed by atoms with Crippen LogP contribution in [0.25, 0.3) is 0 Å². The highest BCUT2D eigenvalue weighted by atomic mass is 32.2. The molecular formula is C20H30N2O5S. The molecule has 1 heterocycles. The van der Waals surface area contributed by atoms with Crippen LogP contribution < -0.4 is 4.72 Å². The van der Waals surface area contributed by atoms with E-state index in [1.165, 1.54) is 0 Å². The van der Waals surface area contributed by atoms with Gasteiger partial charge in [-0.05, 0) is 45.2 Å². The van der Waals surface area contributed by atoms with E-state index in [1.54, 1.807) is 26.0 Å². The van der Waals surface area contributed by atoms with Crippen LogP contribution in [0.1, 0.15) is 51.5 Å². The first-order valence-electron chi connectivity index (χ1n) is 9.89. The van der Waals surface area contributed by atoms with E-state index >= 15 is 0 Å². The first-order valence-corrected chi connectivity index (χ1v) is 11.0. The number of ether oxygens (including phenoxy) is 2. The number of hydrogen-bond donors (Lipinski definition) is 1. The van der Waals surface area contributed by atoms with Gasteiger partial charge in [-0.1, -0.05) is 43.4 Å². The summed E-state index contributed by atoms with van der Waals surface area (Å²) < 4.78 is 27.4. The summed E-state index contributed by atoms with van der Waals surface area (Å²) in [6.45, 7) is 5.33. The maximum atomic E-state index is 13.0. The molecule has 0 amide bonds. The van der Waals surface area contributed by atoms with E-state index in [2.05, 4.69) is 4.72 Å². The van der Waals surface area contributed by atoms with Crippen LogP contribution in [0, 0.1) is 23.0 Å². The average Bonchev–Trinajstić information content (AvgIpc) is 3.15. The van der Waals surface area contributed by atoms with Gasteiger partial charge in [0.25, 0.3) is 5.54 Å². The first-order chi connectivity index (χ1) is 13.2. The first kappa shape index (κ1) is 21.4. The van der Waals surface area contributed by atoms with Crippen LogP contribution in [-0.4, -0.2) is 39.7 Å². The van der Waals surface area contributed by atoms with Gasteiger partial charge >= 0.3 is 0 Å². The van der Waals surface area contributed by atoms with Gasteiger partial charge in [0, 0.05) is 4.92 Å². The molecule has 0 radical (unpaired) electrons. The van der Waals surface area contributed by atoms with Gasteiger partial charge in [-0.25, -0.2) is 8.93 Å². The highest BCUT2D eigenvalue weighted by Gasteiger charge is 2.56. The van der Waals surface area contributed by atoms with E-state index in [4.69, 9.17) is 9.47 Å². The molecule has 1 saturated carbocycles. The molecule has 8 heteroatoms. The molecule has 1 aromatic rings. The van der Waals surface area contributed by atoms with Gasteiger partial charge in [0.1, 0.15) is 24.2 Å². The van der Waals surface area contributed by atoms with Gasteiger partial charge in [-0.15, -0.1) is 0 Å². The minimum absolute atomic E-state index is 0.0670. The molecule has 1 aromatic carbocycles. The van der Waals surface area contributed by atoms with Crippen molar-refractivity contribution < 1.29 is 18.6 Å². The largest absolute Gasteiger partial charge is 0.343 e. The lowest BCUT2D eigenvalue weighted by Crippen LogP contribution is -2.66. The van der Waals surface area contributed by atoms with Crippen LogP contribution in [0.5, 0.6) is 0 Å². The number of hydrogen-bond acceptors (Lipinski definition) is 5. The molecule has 0 spiro atoms. The summed E-state index contributed by atoms with van der Waals surface area (Å²) in [4.78, 5) is 12.5. The molecule has 1 saturated heterocycles. The monoisotopic (exact) mass is 410 g/mol. The Balaban J connectivity index is 1.85. The predicted octanol–water partition coefficient (Wildman–Crippen LogP) is 3.35. The van der Waals surface area contributed by atoms with Crippen molar-refractivity contribution in [2.24, 2.45) is 5.92 Å². The van der Waals surface area contributed by atoms with Gasteiger partial charge in [-0.2, -0.15) is 0 Å². The van der Waals surface area contributed by atoms with Crippen molar-refractivity contribution in [2.75, 3.05) is 13.2 Å². The third-order valence-electron chi connectivity index (χ3n) is 5.88. The number of nitrogens with zero attached hydrogens (tertiary/aromatic N) is 1. The third-order valence-corrected chi connectivity index (χ3v) is 7.08. The zero-order chi connectivity index (χ0) is 20.4. The lowest BCUT2D eigenvalue weighted by atomic mass is 9.84. The maximum Gasteiger partial charge on any atom is 0.283 e. The van der Waals surface area contributed by atoms with Crippen molar-refractivity contribution >= 4 is 11.0 Å². The standard InChI is InChI=1S/C20H30N2O5S/c1-15-8-10-17(11-9-15)28(25)21-18(12-16-6-4-5-7-16)20(22(23)24)13-26-19(2,3)27-14-20/h8-11,16,18,21H,4-7,12-14H2,1-3H3. The van der Waals surface area contributed by atoms with E-state index < -0.39 is 28.4 Å². The Hall–Kier alpha value is -1.35. The molecule has 1 N–H and O–H groups in total. The van der Waals surface area contributed by atoms with Crippen molar-refractivity contribution in [3.8, 4) is 0 Å². The molecule has 2 aliphatic rings. The summed E-state index contributed by atoms with van der Waals surface area (Å²) in [5.74, 6) is -0.465. The van der Waals surface area contributed by atoms with E-state index in [9.17, 15) is 14.3 Å². The Morgan fingerprint density at radius 1 is 1.21 bits per heavy atom. The zero-order valence-electron chi connectivity index (χ0n) is 16.8. The fourth-order valence-corrected chi connectivity index (χ4v) is 5.02. The Kier molecular flexibility index (Phi) is 6.54. The summed E-state index contributed by atoms with van der Waals surface area (Å²) >= 11 is 0. The Bertz CT molecular complexity index is 706. The van der Waals surface area contributed by atoms with Crippen LogP contribution in [0.4, 0.5) is 0 Å². The minimum atomic E-state index is -1.55. The van der Waals surface area contributed by atoms with E-state index in [1.807, 2.05) is 19.1 Å². The molecule has 1 aliphatic carbocycles. The molecule has 2 unspecified atom stereocenters. The number of nitrogens with one attached hydrogen (secondary N) is 1. The van der Waals surface area contributed by atoms with Crippen molar-refractivity contribution in [3.05, 3.63) is 39.9 Å². The Morgan fingerprint density at radius 2 is 1.79 bits per heavy atom. The summed E-state index contributed by atoms with van der Waals surface area (Å²) in [5, 5.41) is 12.2. The normalized spacial score (nSPS) is 24.0. The molecule has 0 aromatic heterocycles. The minimum Gasteiger partial charge on any atom is -0.343 e. The average molecular weight is 411 g/mol. The van der Waals surface area contributed by atoms with Crippen LogP contribution in [0.2, 0.25) is 0 Å². The summed E-state index contributed by atoms with van der Waals surface area (Å²) in [5.41, 5.74) is -0.389. The van der Waals surface area contributed by atoms with Crippen LogP contribution in [-0.2, 0) is 20.5 Å². The van der Waals surface area contributed by atoms with Gasteiger partial charge in [0.05, 0.1) is 10.9 Å². The van der Waals surface area contributed by atoms with Crippen LogP contribution >= 0.6 is 0 Å². The lowest BCUT2D eigenvalue weighted by molar-refractivity contribution is -0.600. The maximum absolute atomic E-state index is 13.0. The molecule has 2 atom stereocenters. The summed E-state index contributed by atoms with van der Waals surface area (Å²) in [6, 6.07) is 6.75. The quantitative estimate of drug-likeness (QED) is 0.550. The molecule has 2 fully saturated rings. The Morgan fingerprint density at radius 3 is 2.32 bits per heavy atom. The third kappa shape index (κ3) is 4.79. The van der Waals surface area contributed by atoms with Gasteiger partial charge in [0.2, 0.25) is 0 Å². The van der Waals surface area contributed by atoms with E-state index in [0.29, 0.717) is 17.2 Å². The van der Waals surface area contributed by atoms with Gasteiger partial charge in [-0.3, -0.25) is 10.1 Å². The lowest BCUT2D eigenvalue weighted by Gasteiger charge is -2.42. The van der Waals surface area contributed by atoms with Crippen LogP contribution in [0.15, 0.2) is 29.2 Å². The molecule has 1 aliphatic heterocycles. The zero-order valence-corrected chi connectivity index (χ0v) is 17.6. The highest BCUT2D eigenvalue weighted by Crippen LogP contribution is 2.35. The summed E-state index contributed by atoms with van der Waals surface area (Å²) in [7, 11) is -1.55. The number of nitro groups is 1. The fraction of sp³-hybridized carbons (Fsp3) is 0.700. The van der Waals surface area contributed by atoms with Crippen LogP contribution in [0.3, 0.4) is 0 Å². The van der Waals surface area contributed by atoms with Crippen molar-refractivity contribution in [3.63, 3.8) is 0 Å². The number of benzene rings is 1. The molecule has 7 nitrogen and oxygen atoms in total. The molecule has 0 bridgehead atoms.